The average Bonchev–Trinajstić information content (AvgIpc) is 3.31. The molecule has 2 fully saturated rings. The van der Waals surface area contributed by atoms with Gasteiger partial charge in [-0.3, -0.25) is 4.79 Å². The Balaban J connectivity index is 1.45. The van der Waals surface area contributed by atoms with Crippen LogP contribution >= 0.6 is 0 Å². The third kappa shape index (κ3) is 5.24. The Morgan fingerprint density at radius 1 is 1.10 bits per heavy atom. The highest BCUT2D eigenvalue weighted by Crippen LogP contribution is 2.36. The van der Waals surface area contributed by atoms with Gasteiger partial charge >= 0.3 is 0 Å². The molecule has 4 heterocycles. The minimum absolute atomic E-state index is 0.0275. The maximum absolute atomic E-state index is 13.4. The van der Waals surface area contributed by atoms with Gasteiger partial charge < -0.3 is 24.0 Å². The Morgan fingerprint density at radius 3 is 2.64 bits per heavy atom. The summed E-state index contributed by atoms with van der Waals surface area (Å²) in [6.45, 7) is 5.52. The van der Waals surface area contributed by atoms with Crippen LogP contribution in [0.1, 0.15) is 46.5 Å². The molecule has 0 spiro atoms. The fraction of sp³-hybridized carbons (Fsp3) is 0.379. The number of morpholine rings is 1. The van der Waals surface area contributed by atoms with Crippen LogP contribution < -0.4 is 10.2 Å². The first-order valence-corrected chi connectivity index (χ1v) is 14.8. The van der Waals surface area contributed by atoms with Crippen LogP contribution in [-0.2, 0) is 15.9 Å². The number of amides is 1. The number of aryl methyl sites for hydroxylation is 2. The number of carbonyl (C=O) groups is 1. The summed E-state index contributed by atoms with van der Waals surface area (Å²) in [5, 5.41) is 8.06. The molecule has 9 nitrogen and oxygen atoms in total. The lowest BCUT2D eigenvalue weighted by atomic mass is 10.0. The van der Waals surface area contributed by atoms with Gasteiger partial charge in [0.1, 0.15) is 23.1 Å². The van der Waals surface area contributed by atoms with Crippen LogP contribution in [0.15, 0.2) is 53.1 Å². The van der Waals surface area contributed by atoms with Crippen LogP contribution in [0.4, 0.5) is 5.82 Å². The van der Waals surface area contributed by atoms with Gasteiger partial charge in [0.05, 0.1) is 30.5 Å². The Morgan fingerprint density at radius 2 is 1.90 bits per heavy atom. The number of nitrogens with one attached hydrogen (secondary N) is 1. The van der Waals surface area contributed by atoms with Crippen LogP contribution in [0.2, 0.25) is 0 Å². The molecule has 0 saturated carbocycles. The van der Waals surface area contributed by atoms with Crippen molar-refractivity contribution in [1.82, 2.24) is 20.4 Å². The van der Waals surface area contributed by atoms with E-state index in [1.807, 2.05) is 44.2 Å². The SMILES string of the molecule is Cc1noc(C)c1-c1ccc2nc(C(=O)NC3CC[S+]([O-])CC3)nc(N3CCOC[C@@H]3c3ccccc3)c2c1. The monoisotopic (exact) mass is 545 g/mol. The van der Waals surface area contributed by atoms with Gasteiger partial charge in [-0.05, 0) is 37.1 Å². The normalized spacial score (nSPS) is 21.7. The van der Waals surface area contributed by atoms with E-state index in [0.717, 1.165) is 33.5 Å². The molecule has 39 heavy (non-hydrogen) atoms. The maximum Gasteiger partial charge on any atom is 0.289 e. The van der Waals surface area contributed by atoms with Crippen molar-refractivity contribution in [2.24, 2.45) is 0 Å². The molecule has 0 unspecified atom stereocenters. The van der Waals surface area contributed by atoms with Crippen molar-refractivity contribution in [3.05, 3.63) is 71.4 Å². The third-order valence-corrected chi connectivity index (χ3v) is 8.89. The highest BCUT2D eigenvalue weighted by atomic mass is 32.2. The molecule has 2 aliphatic rings. The van der Waals surface area contributed by atoms with Crippen LogP contribution in [0.5, 0.6) is 0 Å². The van der Waals surface area contributed by atoms with Gasteiger partial charge in [0, 0.05) is 36.4 Å². The van der Waals surface area contributed by atoms with E-state index in [1.165, 1.54) is 0 Å². The van der Waals surface area contributed by atoms with E-state index in [2.05, 4.69) is 33.6 Å². The molecule has 1 atom stereocenters. The lowest BCUT2D eigenvalue weighted by Gasteiger charge is -2.37. The van der Waals surface area contributed by atoms with Gasteiger partial charge in [-0.1, -0.05) is 52.7 Å². The predicted octanol–water partition coefficient (Wildman–Crippen LogP) is 4.12. The van der Waals surface area contributed by atoms with E-state index in [0.29, 0.717) is 55.4 Å². The summed E-state index contributed by atoms with van der Waals surface area (Å²) in [5.41, 5.74) is 4.52. The zero-order valence-corrected chi connectivity index (χ0v) is 22.9. The summed E-state index contributed by atoms with van der Waals surface area (Å²) in [6, 6.07) is 16.1. The van der Waals surface area contributed by atoms with Crippen LogP contribution in [0.25, 0.3) is 22.0 Å². The molecule has 1 amide bonds. The first-order chi connectivity index (χ1) is 19.0. The summed E-state index contributed by atoms with van der Waals surface area (Å²) in [6.07, 6.45) is 1.39. The number of hydrogen-bond donors (Lipinski definition) is 1. The molecule has 2 saturated heterocycles. The second kappa shape index (κ2) is 11.0. The molecule has 6 rings (SSSR count). The minimum atomic E-state index is -0.799. The van der Waals surface area contributed by atoms with Crippen molar-refractivity contribution in [3.63, 3.8) is 0 Å². The van der Waals surface area contributed by atoms with Gasteiger partial charge in [0.15, 0.2) is 0 Å². The van der Waals surface area contributed by atoms with E-state index < -0.39 is 11.2 Å². The Bertz CT molecular complexity index is 1470. The molecule has 4 aromatic rings. The van der Waals surface area contributed by atoms with Crippen LogP contribution in [0, 0.1) is 13.8 Å². The van der Waals surface area contributed by atoms with Crippen molar-refractivity contribution in [2.75, 3.05) is 36.2 Å². The fourth-order valence-corrected chi connectivity index (χ4v) is 6.78. The Hall–Kier alpha value is -3.47. The lowest BCUT2D eigenvalue weighted by Crippen LogP contribution is -2.42. The summed E-state index contributed by atoms with van der Waals surface area (Å²) >= 11 is -0.799. The first-order valence-electron chi connectivity index (χ1n) is 13.3. The number of aromatic nitrogens is 3. The van der Waals surface area contributed by atoms with Crippen molar-refractivity contribution in [1.29, 1.82) is 0 Å². The topological polar surface area (TPSA) is 116 Å². The number of carbonyl (C=O) groups excluding carboxylic acids is 1. The second-order valence-corrected chi connectivity index (χ2v) is 11.8. The van der Waals surface area contributed by atoms with Gasteiger partial charge in [-0.25, -0.2) is 9.97 Å². The largest absolute Gasteiger partial charge is 0.616 e. The summed E-state index contributed by atoms with van der Waals surface area (Å²) < 4.78 is 23.1. The molecule has 1 N–H and O–H groups in total. The second-order valence-electron chi connectivity index (χ2n) is 10.1. The molecule has 0 aliphatic carbocycles. The van der Waals surface area contributed by atoms with Crippen LogP contribution in [0.3, 0.4) is 0 Å². The highest BCUT2D eigenvalue weighted by Gasteiger charge is 2.30. The number of anilines is 1. The zero-order valence-electron chi connectivity index (χ0n) is 22.1. The van der Waals surface area contributed by atoms with Crippen molar-refractivity contribution in [3.8, 4) is 11.1 Å². The van der Waals surface area contributed by atoms with E-state index >= 15 is 0 Å². The van der Waals surface area contributed by atoms with E-state index in [-0.39, 0.29) is 23.8 Å². The minimum Gasteiger partial charge on any atom is -0.616 e. The highest BCUT2D eigenvalue weighted by molar-refractivity contribution is 7.91. The number of benzene rings is 2. The Labute approximate surface area is 230 Å². The number of nitrogens with zero attached hydrogens (tertiary/aromatic N) is 4. The summed E-state index contributed by atoms with van der Waals surface area (Å²) in [7, 11) is 0. The lowest BCUT2D eigenvalue weighted by molar-refractivity contribution is 0.0919. The molecule has 2 aromatic carbocycles. The Kier molecular flexibility index (Phi) is 7.24. The fourth-order valence-electron chi connectivity index (χ4n) is 5.48. The number of fused-ring (bicyclic) bond motifs is 1. The number of ether oxygens (including phenoxy) is 1. The smallest absolute Gasteiger partial charge is 0.289 e. The molecule has 202 valence electrons. The quantitative estimate of drug-likeness (QED) is 0.372. The molecule has 2 aliphatic heterocycles. The number of hydrogen-bond acceptors (Lipinski definition) is 8. The van der Waals surface area contributed by atoms with E-state index in [9.17, 15) is 9.35 Å². The molecular formula is C29H31N5O4S. The molecule has 10 heteroatoms. The molecular weight excluding hydrogens is 514 g/mol. The molecule has 0 bridgehead atoms. The molecule has 0 radical (unpaired) electrons. The summed E-state index contributed by atoms with van der Waals surface area (Å²) in [5.74, 6) is 2.47. The van der Waals surface area contributed by atoms with E-state index in [1.54, 1.807) is 0 Å². The zero-order chi connectivity index (χ0) is 26.9. The van der Waals surface area contributed by atoms with Gasteiger partial charge in [-0.2, -0.15) is 0 Å². The molecule has 2 aromatic heterocycles. The first kappa shape index (κ1) is 25.8. The maximum atomic E-state index is 13.4. The van der Waals surface area contributed by atoms with Crippen molar-refractivity contribution in [2.45, 2.75) is 38.8 Å². The number of rotatable bonds is 5. The predicted molar refractivity (Wildman–Crippen MR) is 150 cm³/mol. The van der Waals surface area contributed by atoms with Gasteiger partial charge in [-0.15, -0.1) is 0 Å². The average molecular weight is 546 g/mol. The van der Waals surface area contributed by atoms with Crippen molar-refractivity contribution >= 4 is 33.8 Å². The van der Waals surface area contributed by atoms with Gasteiger partial charge in [0.2, 0.25) is 5.82 Å². The van der Waals surface area contributed by atoms with Gasteiger partial charge in [0.25, 0.3) is 5.91 Å². The third-order valence-electron chi connectivity index (χ3n) is 7.51. The van der Waals surface area contributed by atoms with Crippen LogP contribution in [-0.4, -0.2) is 62.9 Å². The summed E-state index contributed by atoms with van der Waals surface area (Å²) in [4.78, 5) is 25.2. The van der Waals surface area contributed by atoms with Crippen molar-refractivity contribution < 1.29 is 18.6 Å². The standard InChI is InChI=1S/C29H31N5O4S/c1-18-26(19(2)38-33-18)21-8-9-24-23(16-21)28(34-12-13-37-17-25(34)20-6-4-3-5-7-20)32-27(31-24)29(35)30-22-10-14-39(36)15-11-22/h3-9,16,22,25H,10-15,17H2,1-2H3,(H,30,35)/t22?,25-,39?/m1/s1. The van der Waals surface area contributed by atoms with E-state index in [4.69, 9.17) is 19.2 Å².